The summed E-state index contributed by atoms with van der Waals surface area (Å²) in [5.41, 5.74) is 1.04. The lowest BCUT2D eigenvalue weighted by Crippen LogP contribution is -2.39. The zero-order valence-corrected chi connectivity index (χ0v) is 17.6. The number of nitrogens with one attached hydrogen (secondary N) is 2. The van der Waals surface area contributed by atoms with E-state index in [1.165, 1.54) is 11.9 Å². The number of benzene rings is 1. The number of hydrogen-bond donors (Lipinski definition) is 2. The van der Waals surface area contributed by atoms with Crippen LogP contribution in [0.4, 0.5) is 13.2 Å². The van der Waals surface area contributed by atoms with Gasteiger partial charge in [0.2, 0.25) is 0 Å². The topological polar surface area (TPSA) is 39.7 Å². The van der Waals surface area contributed by atoms with Crippen molar-refractivity contribution in [3.8, 4) is 0 Å². The highest BCUT2D eigenvalue weighted by Crippen LogP contribution is 2.16. The second kappa shape index (κ2) is 11.8. The molecule has 0 aliphatic rings. The third kappa shape index (κ3) is 10.8. The van der Waals surface area contributed by atoms with Gasteiger partial charge in [-0.15, -0.1) is 24.0 Å². The van der Waals surface area contributed by atoms with Crippen LogP contribution in [-0.4, -0.2) is 50.3 Å². The molecule has 0 amide bonds. The lowest BCUT2D eigenvalue weighted by atomic mass is 10.1. The first-order valence-corrected chi connectivity index (χ1v) is 8.14. The van der Waals surface area contributed by atoms with Gasteiger partial charge in [0.25, 0.3) is 0 Å². The van der Waals surface area contributed by atoms with Crippen LogP contribution in [0, 0.1) is 0 Å². The van der Waals surface area contributed by atoms with E-state index in [0.717, 1.165) is 5.56 Å². The van der Waals surface area contributed by atoms with Gasteiger partial charge in [-0.1, -0.05) is 23.7 Å². The molecule has 1 aromatic rings. The summed E-state index contributed by atoms with van der Waals surface area (Å²) in [7, 11) is 1.43. The maximum Gasteiger partial charge on any atom is 0.401 e. The van der Waals surface area contributed by atoms with Crippen molar-refractivity contribution in [3.05, 3.63) is 34.9 Å². The molecular weight excluding hydrogens is 468 g/mol. The summed E-state index contributed by atoms with van der Waals surface area (Å²) >= 11 is 5.87. The predicted molar refractivity (Wildman–Crippen MR) is 108 cm³/mol. The minimum Gasteiger partial charge on any atom is -0.357 e. The van der Waals surface area contributed by atoms with E-state index in [2.05, 4.69) is 15.6 Å². The van der Waals surface area contributed by atoms with Crippen LogP contribution in [0.5, 0.6) is 0 Å². The lowest BCUT2D eigenvalue weighted by molar-refractivity contribution is -0.142. The number of likely N-dealkylation sites (N-methyl/N-ethyl adjacent to an activating group) is 1. The van der Waals surface area contributed by atoms with Crippen LogP contribution in [0.1, 0.15) is 25.5 Å². The third-order valence-electron chi connectivity index (χ3n) is 3.27. The number of nitrogens with zero attached hydrogens (tertiary/aromatic N) is 2. The number of guanidine groups is 1. The fourth-order valence-corrected chi connectivity index (χ4v) is 2.20. The summed E-state index contributed by atoms with van der Waals surface area (Å²) in [6, 6.07) is 7.45. The van der Waals surface area contributed by atoms with Gasteiger partial charge >= 0.3 is 6.18 Å². The van der Waals surface area contributed by atoms with Crippen LogP contribution in [0.2, 0.25) is 5.02 Å². The Morgan fingerprint density at radius 3 is 2.40 bits per heavy atom. The van der Waals surface area contributed by atoms with Crippen molar-refractivity contribution in [3.63, 3.8) is 0 Å². The first-order valence-electron chi connectivity index (χ1n) is 7.77. The van der Waals surface area contributed by atoms with Crippen molar-refractivity contribution in [1.82, 2.24) is 15.5 Å². The van der Waals surface area contributed by atoms with E-state index in [9.17, 15) is 13.2 Å². The molecule has 0 radical (unpaired) electrons. The van der Waals surface area contributed by atoms with Crippen LogP contribution in [-0.2, 0) is 0 Å². The van der Waals surface area contributed by atoms with Crippen molar-refractivity contribution >= 4 is 41.5 Å². The number of halogens is 5. The molecule has 0 aliphatic heterocycles. The van der Waals surface area contributed by atoms with Crippen LogP contribution in [0.25, 0.3) is 0 Å². The number of aliphatic imine (C=N–C) groups is 1. The van der Waals surface area contributed by atoms with Gasteiger partial charge in [0.15, 0.2) is 5.96 Å². The van der Waals surface area contributed by atoms with Gasteiger partial charge < -0.3 is 10.6 Å². The minimum absolute atomic E-state index is 0. The maximum absolute atomic E-state index is 12.3. The highest BCUT2D eigenvalue weighted by Gasteiger charge is 2.28. The average molecular weight is 493 g/mol. The molecule has 0 saturated carbocycles. The molecule has 1 aromatic carbocycles. The van der Waals surface area contributed by atoms with E-state index in [-0.39, 0.29) is 43.1 Å². The van der Waals surface area contributed by atoms with Gasteiger partial charge in [0, 0.05) is 18.1 Å². The monoisotopic (exact) mass is 492 g/mol. The molecule has 0 saturated heterocycles. The SMILES string of the molecule is CCNC(=NCCN(C)CC(F)(F)F)NC(C)c1ccc(Cl)cc1.I. The zero-order valence-electron chi connectivity index (χ0n) is 14.5. The molecule has 4 nitrogen and oxygen atoms in total. The minimum atomic E-state index is -4.19. The van der Waals surface area contributed by atoms with Gasteiger partial charge in [-0.2, -0.15) is 13.2 Å². The molecular formula is C16H25ClF3IN4. The van der Waals surface area contributed by atoms with Crippen molar-refractivity contribution < 1.29 is 13.2 Å². The van der Waals surface area contributed by atoms with Crippen molar-refractivity contribution in [2.75, 3.05) is 33.2 Å². The Balaban J connectivity index is 0.00000576. The second-order valence-corrected chi connectivity index (χ2v) is 5.97. The number of alkyl halides is 3. The van der Waals surface area contributed by atoms with Crippen molar-refractivity contribution in [2.45, 2.75) is 26.1 Å². The third-order valence-corrected chi connectivity index (χ3v) is 3.52. The molecule has 0 spiro atoms. The largest absolute Gasteiger partial charge is 0.401 e. The Labute approximate surface area is 169 Å². The fraction of sp³-hybridized carbons (Fsp3) is 0.562. The van der Waals surface area contributed by atoms with Crippen LogP contribution in [0.15, 0.2) is 29.3 Å². The molecule has 9 heteroatoms. The Kier molecular flexibility index (Phi) is 11.4. The van der Waals surface area contributed by atoms with Gasteiger partial charge in [-0.3, -0.25) is 9.89 Å². The number of rotatable bonds is 7. The van der Waals surface area contributed by atoms with E-state index in [1.54, 1.807) is 0 Å². The van der Waals surface area contributed by atoms with Gasteiger partial charge in [-0.05, 0) is 38.6 Å². The van der Waals surface area contributed by atoms with Crippen LogP contribution < -0.4 is 10.6 Å². The molecule has 0 heterocycles. The standard InChI is InChI=1S/C16H24ClF3N4.HI/c1-4-21-15(22-9-10-24(3)11-16(18,19)20)23-12(2)13-5-7-14(17)8-6-13;/h5-8,12H,4,9-11H2,1-3H3,(H2,21,22,23);1H. The fourth-order valence-electron chi connectivity index (χ4n) is 2.08. The maximum atomic E-state index is 12.3. The van der Waals surface area contributed by atoms with E-state index in [1.807, 2.05) is 38.1 Å². The molecule has 0 aromatic heterocycles. The zero-order chi connectivity index (χ0) is 18.2. The Hall–Kier alpha value is -0.740. The summed E-state index contributed by atoms with van der Waals surface area (Å²) in [6.45, 7) is 4.14. The quantitative estimate of drug-likeness (QED) is 0.342. The van der Waals surface area contributed by atoms with Gasteiger partial charge in [-0.25, -0.2) is 0 Å². The van der Waals surface area contributed by atoms with Crippen molar-refractivity contribution in [1.29, 1.82) is 0 Å². The molecule has 0 fully saturated rings. The smallest absolute Gasteiger partial charge is 0.357 e. The highest BCUT2D eigenvalue weighted by atomic mass is 127. The summed E-state index contributed by atoms with van der Waals surface area (Å²) in [5.74, 6) is 0.570. The Bertz CT molecular complexity index is 523. The summed E-state index contributed by atoms with van der Waals surface area (Å²) in [6.07, 6.45) is -4.19. The first-order chi connectivity index (χ1) is 11.2. The summed E-state index contributed by atoms with van der Waals surface area (Å²) in [5, 5.41) is 6.99. The number of hydrogen-bond acceptors (Lipinski definition) is 2. The molecule has 1 atom stereocenters. The molecule has 0 aliphatic carbocycles. The first kappa shape index (κ1) is 24.3. The van der Waals surface area contributed by atoms with Crippen LogP contribution >= 0.6 is 35.6 Å². The second-order valence-electron chi connectivity index (χ2n) is 5.53. The predicted octanol–water partition coefficient (Wildman–Crippen LogP) is 4.07. The molecule has 25 heavy (non-hydrogen) atoms. The highest BCUT2D eigenvalue weighted by molar-refractivity contribution is 14.0. The normalized spacial score (nSPS) is 13.4. The summed E-state index contributed by atoms with van der Waals surface area (Å²) < 4.78 is 36.9. The molecule has 0 bridgehead atoms. The van der Waals surface area contributed by atoms with E-state index in [4.69, 9.17) is 11.6 Å². The van der Waals surface area contributed by atoms with E-state index < -0.39 is 12.7 Å². The van der Waals surface area contributed by atoms with Crippen LogP contribution in [0.3, 0.4) is 0 Å². The molecule has 1 unspecified atom stereocenters. The Morgan fingerprint density at radius 1 is 1.28 bits per heavy atom. The Morgan fingerprint density at radius 2 is 1.88 bits per heavy atom. The van der Waals surface area contributed by atoms with Gasteiger partial charge in [0.05, 0.1) is 19.1 Å². The molecule has 2 N–H and O–H groups in total. The van der Waals surface area contributed by atoms with Crippen molar-refractivity contribution in [2.24, 2.45) is 4.99 Å². The average Bonchev–Trinajstić information content (AvgIpc) is 2.46. The van der Waals surface area contributed by atoms with E-state index in [0.29, 0.717) is 17.5 Å². The van der Waals surface area contributed by atoms with E-state index >= 15 is 0 Å². The van der Waals surface area contributed by atoms with Gasteiger partial charge in [0.1, 0.15) is 0 Å². The molecule has 1 rings (SSSR count). The molecule has 144 valence electrons. The lowest BCUT2D eigenvalue weighted by Gasteiger charge is -2.20. The summed E-state index contributed by atoms with van der Waals surface area (Å²) in [4.78, 5) is 5.53.